The summed E-state index contributed by atoms with van der Waals surface area (Å²) in [7, 11) is -0.302. The first-order valence-corrected chi connectivity index (χ1v) is 21.3. The maximum absolute atomic E-state index is 14.1. The number of hydrogen-bond donors (Lipinski definition) is 0. The maximum atomic E-state index is 14.1. The van der Waals surface area contributed by atoms with Gasteiger partial charge in [0.1, 0.15) is 0 Å². The van der Waals surface area contributed by atoms with E-state index in [0.29, 0.717) is 5.75 Å². The van der Waals surface area contributed by atoms with Gasteiger partial charge in [-0.2, -0.15) is 0 Å². The number of benzene rings is 4. The number of aryl methyl sites for hydroxylation is 2. The average Bonchev–Trinajstić information content (AvgIpc) is 3.16. The van der Waals surface area contributed by atoms with Crippen molar-refractivity contribution in [2.45, 2.75) is 95.0 Å². The molecule has 2 atom stereocenters. The second kappa shape index (κ2) is 20.4. The first-order chi connectivity index (χ1) is 24.7. The third-order valence-electron chi connectivity index (χ3n) is 9.63. The molecule has 4 aromatic carbocycles. The summed E-state index contributed by atoms with van der Waals surface area (Å²) in [5, 5.41) is 1.43. The van der Waals surface area contributed by atoms with Crippen LogP contribution in [-0.4, -0.2) is 46.3 Å². The van der Waals surface area contributed by atoms with Gasteiger partial charge >= 0.3 is 11.9 Å². The summed E-state index contributed by atoms with van der Waals surface area (Å²) in [6.45, 7) is 6.63. The van der Waals surface area contributed by atoms with E-state index in [4.69, 9.17) is 13.9 Å². The topological polar surface area (TPSA) is 61.8 Å². The molecule has 0 heterocycles. The minimum atomic E-state index is -3.15. The highest BCUT2D eigenvalue weighted by molar-refractivity contribution is 7.99. The van der Waals surface area contributed by atoms with Crippen LogP contribution in [0.5, 0.6) is 0 Å². The highest BCUT2D eigenvalue weighted by Crippen LogP contribution is 2.43. The molecule has 51 heavy (non-hydrogen) atoms. The van der Waals surface area contributed by atoms with Gasteiger partial charge in [0.25, 0.3) is 8.32 Å². The number of carbonyl (C=O) groups is 2. The Kier molecular flexibility index (Phi) is 16.1. The van der Waals surface area contributed by atoms with Gasteiger partial charge in [0.15, 0.2) is 6.10 Å². The van der Waals surface area contributed by atoms with Crippen LogP contribution in [0.2, 0.25) is 5.04 Å². The zero-order valence-electron chi connectivity index (χ0n) is 31.1. The second-order valence-electron chi connectivity index (χ2n) is 14.1. The lowest BCUT2D eigenvalue weighted by molar-refractivity contribution is -0.149. The number of unbranched alkanes of at least 4 members (excludes halogenated alkanes) is 5. The van der Waals surface area contributed by atoms with Gasteiger partial charge in [0.2, 0.25) is 0 Å². The van der Waals surface area contributed by atoms with E-state index < -0.39 is 25.6 Å². The number of hydrogen-bond acceptors (Lipinski definition) is 6. The molecule has 0 saturated carbocycles. The Morgan fingerprint density at radius 2 is 1.16 bits per heavy atom. The van der Waals surface area contributed by atoms with Gasteiger partial charge in [-0.1, -0.05) is 162 Å². The zero-order valence-corrected chi connectivity index (χ0v) is 33.0. The molecule has 272 valence electrons. The fraction of sp³-hybridized carbons (Fsp3) is 0.409. The fourth-order valence-corrected chi connectivity index (χ4v) is 13.0. The molecule has 7 heteroatoms. The molecular weight excluding hydrogens is 669 g/mol. The average molecular weight is 725 g/mol. The van der Waals surface area contributed by atoms with Crippen LogP contribution in [0.4, 0.5) is 0 Å². The third kappa shape index (κ3) is 11.2. The molecule has 0 aliphatic carbocycles. The minimum absolute atomic E-state index is 0.233. The molecule has 0 aliphatic heterocycles. The van der Waals surface area contributed by atoms with Crippen LogP contribution in [-0.2, 0) is 36.3 Å². The Labute approximate surface area is 311 Å². The Hall–Kier alpha value is -3.65. The molecule has 0 bridgehead atoms. The second-order valence-corrected chi connectivity index (χ2v) is 19.7. The van der Waals surface area contributed by atoms with Crippen molar-refractivity contribution in [2.24, 2.45) is 0 Å². The van der Waals surface area contributed by atoms with Crippen molar-refractivity contribution in [2.75, 3.05) is 20.0 Å². The molecule has 0 spiro atoms. The SMILES string of the molecule is COC(=O)CCSC(c1ccccc1CCCCCCCCc1ccccc1)C(O[Si](c1ccccc1)(c1ccccc1)C(C)(C)C)C(=O)OC. The van der Waals surface area contributed by atoms with Crippen LogP contribution < -0.4 is 10.4 Å². The molecule has 0 N–H and O–H groups in total. The van der Waals surface area contributed by atoms with Gasteiger partial charge in [0, 0.05) is 5.75 Å². The van der Waals surface area contributed by atoms with Crippen molar-refractivity contribution in [1.82, 2.24) is 0 Å². The van der Waals surface area contributed by atoms with Crippen molar-refractivity contribution >= 4 is 42.4 Å². The Morgan fingerprint density at radius 1 is 0.647 bits per heavy atom. The van der Waals surface area contributed by atoms with Crippen molar-refractivity contribution in [3.8, 4) is 0 Å². The van der Waals surface area contributed by atoms with E-state index in [1.54, 1.807) is 11.8 Å². The summed E-state index contributed by atoms with van der Waals surface area (Å²) in [4.78, 5) is 26.4. The molecule has 4 aromatic rings. The lowest BCUT2D eigenvalue weighted by Gasteiger charge is -2.45. The molecule has 0 amide bonds. The molecule has 0 aliphatic rings. The third-order valence-corrected chi connectivity index (χ3v) is 15.9. The zero-order chi connectivity index (χ0) is 36.5. The van der Waals surface area contributed by atoms with Crippen LogP contribution in [0, 0.1) is 0 Å². The number of esters is 2. The fourth-order valence-electron chi connectivity index (χ4n) is 6.98. The van der Waals surface area contributed by atoms with Gasteiger partial charge in [-0.15, -0.1) is 11.8 Å². The van der Waals surface area contributed by atoms with Crippen LogP contribution >= 0.6 is 11.8 Å². The van der Waals surface area contributed by atoms with Crippen LogP contribution in [0.25, 0.3) is 0 Å². The highest BCUT2D eigenvalue weighted by atomic mass is 32.2. The standard InChI is InChI=1S/C44H56O5SSi/c1-44(2,3)51(37-28-17-11-18-29-37,38-30-19-12-20-31-38)49-41(43(46)48-5)42(50-34-33-40(45)47-4)39-32-22-21-27-36(39)26-16-9-7-6-8-13-23-35-24-14-10-15-25-35/h10-12,14-15,17-22,24-25,27-32,41-42H,6-9,13,16,23,26,33-34H2,1-5H3. The minimum Gasteiger partial charge on any atom is -0.469 e. The summed E-state index contributed by atoms with van der Waals surface area (Å²) in [5.74, 6) is -0.212. The molecule has 0 saturated heterocycles. The molecule has 0 aromatic heterocycles. The van der Waals surface area contributed by atoms with Gasteiger partial charge in [-0.05, 0) is 57.8 Å². The molecule has 0 radical (unpaired) electrons. The summed E-state index contributed by atoms with van der Waals surface area (Å²) >= 11 is 1.57. The lowest BCUT2D eigenvalue weighted by atomic mass is 9.96. The van der Waals surface area contributed by atoms with Crippen LogP contribution in [0.1, 0.15) is 87.7 Å². The van der Waals surface area contributed by atoms with Gasteiger partial charge in [-0.25, -0.2) is 4.79 Å². The quantitative estimate of drug-likeness (QED) is 0.0515. The number of methoxy groups -OCH3 is 2. The summed E-state index contributed by atoms with van der Waals surface area (Å²) in [6.07, 6.45) is 8.47. The molecular formula is C44H56O5SSi. The largest absolute Gasteiger partial charge is 0.469 e. The maximum Gasteiger partial charge on any atom is 0.335 e. The van der Waals surface area contributed by atoms with Gasteiger partial charge in [0.05, 0.1) is 25.9 Å². The van der Waals surface area contributed by atoms with Crippen molar-refractivity contribution in [3.05, 3.63) is 132 Å². The van der Waals surface area contributed by atoms with Gasteiger partial charge in [-0.3, -0.25) is 4.79 Å². The van der Waals surface area contributed by atoms with Gasteiger partial charge < -0.3 is 13.9 Å². The first-order valence-electron chi connectivity index (χ1n) is 18.4. The Bertz CT molecular complexity index is 1570. The highest BCUT2D eigenvalue weighted by Gasteiger charge is 2.54. The number of rotatable bonds is 20. The van der Waals surface area contributed by atoms with E-state index in [0.717, 1.165) is 41.6 Å². The van der Waals surface area contributed by atoms with Crippen LogP contribution in [0.3, 0.4) is 0 Å². The van der Waals surface area contributed by atoms with Crippen molar-refractivity contribution < 1.29 is 23.5 Å². The normalized spacial score (nSPS) is 13.0. The van der Waals surface area contributed by atoms with E-state index in [9.17, 15) is 9.59 Å². The van der Waals surface area contributed by atoms with E-state index in [-0.39, 0.29) is 17.4 Å². The first kappa shape index (κ1) is 40.1. The Morgan fingerprint density at radius 3 is 1.71 bits per heavy atom. The summed E-state index contributed by atoms with van der Waals surface area (Å²) in [6, 6.07) is 39.9. The summed E-state index contributed by atoms with van der Waals surface area (Å²) < 4.78 is 18.1. The lowest BCUT2D eigenvalue weighted by Crippen LogP contribution is -2.68. The predicted molar refractivity (Wildman–Crippen MR) is 214 cm³/mol. The number of carbonyl (C=O) groups excluding carboxylic acids is 2. The monoisotopic (exact) mass is 724 g/mol. The summed E-state index contributed by atoms with van der Waals surface area (Å²) in [5.41, 5.74) is 3.68. The van der Waals surface area contributed by atoms with E-state index >= 15 is 0 Å². The van der Waals surface area contributed by atoms with E-state index in [1.165, 1.54) is 51.0 Å². The molecule has 5 nitrogen and oxygen atoms in total. The van der Waals surface area contributed by atoms with Crippen molar-refractivity contribution in [1.29, 1.82) is 0 Å². The molecule has 0 fully saturated rings. The molecule has 4 rings (SSSR count). The smallest absolute Gasteiger partial charge is 0.335 e. The van der Waals surface area contributed by atoms with E-state index in [2.05, 4.69) is 93.6 Å². The van der Waals surface area contributed by atoms with Crippen LogP contribution in [0.15, 0.2) is 115 Å². The Balaban J connectivity index is 1.63. The number of ether oxygens (including phenoxy) is 2. The van der Waals surface area contributed by atoms with E-state index in [1.807, 2.05) is 42.5 Å². The van der Waals surface area contributed by atoms with Crippen molar-refractivity contribution in [3.63, 3.8) is 0 Å². The number of thioether (sulfide) groups is 1. The predicted octanol–water partition coefficient (Wildman–Crippen LogP) is 9.27. The molecule has 2 unspecified atom stereocenters.